The average molecular weight is 181 g/mol. The quantitative estimate of drug-likeness (QED) is 0.621. The molecule has 0 spiro atoms. The van der Waals surface area contributed by atoms with Crippen LogP contribution in [0, 0.1) is 0 Å². The van der Waals surface area contributed by atoms with Crippen molar-refractivity contribution in [1.29, 1.82) is 0 Å². The third kappa shape index (κ3) is 1.24. The highest BCUT2D eigenvalue weighted by atomic mass is 16.6. The SMILES string of the molecule is Cn1cc(C2OC(=O)N=C2N)nn1. The number of cyclic esters (lactones) is 1. The summed E-state index contributed by atoms with van der Waals surface area (Å²) in [6.45, 7) is 0. The number of aliphatic imine (C=N–C) groups is 1. The number of rotatable bonds is 1. The van der Waals surface area contributed by atoms with Gasteiger partial charge in [0.15, 0.2) is 5.84 Å². The van der Waals surface area contributed by atoms with Gasteiger partial charge in [-0.1, -0.05) is 5.21 Å². The Labute approximate surface area is 73.2 Å². The lowest BCUT2D eigenvalue weighted by Gasteiger charge is -2.03. The van der Waals surface area contributed by atoms with Gasteiger partial charge in [-0.3, -0.25) is 4.68 Å². The minimum atomic E-state index is -0.687. The minimum absolute atomic E-state index is 0.116. The van der Waals surface area contributed by atoms with Crippen LogP contribution in [0.5, 0.6) is 0 Å². The number of nitrogens with zero attached hydrogens (tertiary/aromatic N) is 4. The van der Waals surface area contributed by atoms with Crippen molar-refractivity contribution >= 4 is 11.9 Å². The summed E-state index contributed by atoms with van der Waals surface area (Å²) in [6, 6.07) is 0. The Morgan fingerprint density at radius 2 is 2.46 bits per heavy atom. The van der Waals surface area contributed by atoms with Gasteiger partial charge in [0, 0.05) is 7.05 Å². The number of ether oxygens (including phenoxy) is 1. The van der Waals surface area contributed by atoms with E-state index in [1.807, 2.05) is 0 Å². The maximum absolute atomic E-state index is 10.7. The molecular formula is C6H7N5O2. The smallest absolute Gasteiger partial charge is 0.430 e. The summed E-state index contributed by atoms with van der Waals surface area (Å²) in [5, 5.41) is 7.44. The molecule has 1 atom stereocenters. The molecule has 1 aromatic heterocycles. The molecule has 0 saturated heterocycles. The first-order chi connectivity index (χ1) is 6.16. The van der Waals surface area contributed by atoms with Crippen molar-refractivity contribution in [2.75, 3.05) is 0 Å². The number of amides is 1. The Kier molecular flexibility index (Phi) is 1.51. The number of amidine groups is 1. The molecular weight excluding hydrogens is 174 g/mol. The first kappa shape index (κ1) is 7.71. The molecule has 1 aliphatic rings. The second-order valence-corrected chi connectivity index (χ2v) is 2.62. The number of hydrogen-bond acceptors (Lipinski definition) is 5. The van der Waals surface area contributed by atoms with Crippen LogP contribution in [-0.4, -0.2) is 26.9 Å². The lowest BCUT2D eigenvalue weighted by molar-refractivity contribution is 0.147. The lowest BCUT2D eigenvalue weighted by Crippen LogP contribution is -2.19. The van der Waals surface area contributed by atoms with E-state index < -0.39 is 12.2 Å². The Bertz CT molecular complexity index is 382. The van der Waals surface area contributed by atoms with Crippen LogP contribution in [-0.2, 0) is 11.8 Å². The summed E-state index contributed by atoms with van der Waals surface area (Å²) in [4.78, 5) is 14.1. The monoisotopic (exact) mass is 181 g/mol. The number of hydrogen-bond donors (Lipinski definition) is 1. The van der Waals surface area contributed by atoms with Gasteiger partial charge < -0.3 is 10.5 Å². The summed E-state index contributed by atoms with van der Waals surface area (Å²) in [5.41, 5.74) is 5.92. The maximum atomic E-state index is 10.7. The standard InChI is InChI=1S/C6H7N5O2/c1-11-2-3(9-10-11)4-5(7)8-6(12)13-4/h2,4H,1H3,(H2,7,8,12). The van der Waals surface area contributed by atoms with Crippen LogP contribution in [0.1, 0.15) is 11.8 Å². The van der Waals surface area contributed by atoms with Gasteiger partial charge in [0.2, 0.25) is 6.10 Å². The average Bonchev–Trinajstić information content (AvgIpc) is 2.58. The summed E-state index contributed by atoms with van der Waals surface area (Å²) in [7, 11) is 1.71. The number of aryl methyl sites for hydroxylation is 1. The normalized spacial score (nSPS) is 21.5. The van der Waals surface area contributed by atoms with Gasteiger partial charge in [-0.05, 0) is 0 Å². The first-order valence-corrected chi connectivity index (χ1v) is 3.57. The zero-order chi connectivity index (χ0) is 9.42. The molecule has 7 heteroatoms. The van der Waals surface area contributed by atoms with E-state index in [2.05, 4.69) is 15.3 Å². The Morgan fingerprint density at radius 1 is 1.69 bits per heavy atom. The van der Waals surface area contributed by atoms with E-state index in [9.17, 15) is 4.79 Å². The van der Waals surface area contributed by atoms with Crippen molar-refractivity contribution in [3.05, 3.63) is 11.9 Å². The van der Waals surface area contributed by atoms with Gasteiger partial charge in [-0.2, -0.15) is 4.99 Å². The van der Waals surface area contributed by atoms with Crippen LogP contribution >= 0.6 is 0 Å². The van der Waals surface area contributed by atoms with Crippen molar-refractivity contribution in [2.45, 2.75) is 6.10 Å². The van der Waals surface area contributed by atoms with Gasteiger partial charge in [0.1, 0.15) is 5.69 Å². The first-order valence-electron chi connectivity index (χ1n) is 3.57. The van der Waals surface area contributed by atoms with E-state index >= 15 is 0 Å². The van der Waals surface area contributed by atoms with E-state index in [0.29, 0.717) is 5.69 Å². The number of nitrogens with two attached hydrogens (primary N) is 1. The van der Waals surface area contributed by atoms with Crippen LogP contribution in [0.2, 0.25) is 0 Å². The summed E-state index contributed by atoms with van der Waals surface area (Å²) in [5.74, 6) is 0.116. The van der Waals surface area contributed by atoms with E-state index in [4.69, 9.17) is 10.5 Å². The zero-order valence-corrected chi connectivity index (χ0v) is 6.84. The van der Waals surface area contributed by atoms with Crippen LogP contribution in [0.25, 0.3) is 0 Å². The molecule has 68 valence electrons. The third-order valence-electron chi connectivity index (χ3n) is 1.60. The molecule has 1 aromatic rings. The molecule has 0 fully saturated rings. The predicted molar refractivity (Wildman–Crippen MR) is 41.8 cm³/mol. The highest BCUT2D eigenvalue weighted by molar-refractivity contribution is 5.99. The van der Waals surface area contributed by atoms with E-state index in [0.717, 1.165) is 0 Å². The topological polar surface area (TPSA) is 95.4 Å². The number of carbonyl (C=O) groups excluding carboxylic acids is 1. The van der Waals surface area contributed by atoms with Gasteiger partial charge >= 0.3 is 6.09 Å². The number of carbonyl (C=O) groups is 1. The molecule has 13 heavy (non-hydrogen) atoms. The van der Waals surface area contributed by atoms with E-state index in [-0.39, 0.29) is 5.84 Å². The molecule has 0 radical (unpaired) electrons. The fourth-order valence-electron chi connectivity index (χ4n) is 1.05. The molecule has 0 bridgehead atoms. The van der Waals surface area contributed by atoms with Crippen molar-refractivity contribution in [3.8, 4) is 0 Å². The third-order valence-corrected chi connectivity index (χ3v) is 1.60. The molecule has 2 rings (SSSR count). The molecule has 2 N–H and O–H groups in total. The molecule has 1 amide bonds. The highest BCUT2D eigenvalue weighted by Crippen LogP contribution is 2.20. The van der Waals surface area contributed by atoms with E-state index in [1.165, 1.54) is 4.68 Å². The van der Waals surface area contributed by atoms with Crippen molar-refractivity contribution < 1.29 is 9.53 Å². The summed E-state index contributed by atoms with van der Waals surface area (Å²) in [6.07, 6.45) is 0.250. The van der Waals surface area contributed by atoms with Gasteiger partial charge in [-0.15, -0.1) is 5.10 Å². The molecule has 0 saturated carbocycles. The van der Waals surface area contributed by atoms with Gasteiger partial charge in [0.25, 0.3) is 0 Å². The lowest BCUT2D eigenvalue weighted by atomic mass is 10.2. The number of aromatic nitrogens is 3. The molecule has 0 aromatic carbocycles. The van der Waals surface area contributed by atoms with Crippen LogP contribution < -0.4 is 5.73 Å². The Balaban J connectivity index is 2.29. The second-order valence-electron chi connectivity index (χ2n) is 2.62. The maximum Gasteiger partial charge on any atom is 0.436 e. The van der Waals surface area contributed by atoms with Crippen molar-refractivity contribution in [3.63, 3.8) is 0 Å². The van der Waals surface area contributed by atoms with Gasteiger partial charge in [-0.25, -0.2) is 4.79 Å². The molecule has 2 heterocycles. The van der Waals surface area contributed by atoms with Crippen molar-refractivity contribution in [1.82, 2.24) is 15.0 Å². The van der Waals surface area contributed by atoms with Crippen LogP contribution in [0.4, 0.5) is 4.79 Å². The highest BCUT2D eigenvalue weighted by Gasteiger charge is 2.29. The van der Waals surface area contributed by atoms with E-state index in [1.54, 1.807) is 13.2 Å². The fraction of sp³-hybridized carbons (Fsp3) is 0.333. The molecule has 0 aliphatic carbocycles. The van der Waals surface area contributed by atoms with Gasteiger partial charge in [0.05, 0.1) is 6.20 Å². The Morgan fingerprint density at radius 3 is 2.92 bits per heavy atom. The summed E-state index contributed by atoms with van der Waals surface area (Å²) >= 11 is 0. The van der Waals surface area contributed by atoms with Crippen molar-refractivity contribution in [2.24, 2.45) is 17.8 Å². The van der Waals surface area contributed by atoms with Crippen LogP contribution in [0.15, 0.2) is 11.2 Å². The predicted octanol–water partition coefficient (Wildman–Crippen LogP) is -0.636. The molecule has 7 nitrogen and oxygen atoms in total. The molecule has 1 unspecified atom stereocenters. The Hall–Kier alpha value is -1.92. The zero-order valence-electron chi connectivity index (χ0n) is 6.84. The fourth-order valence-corrected chi connectivity index (χ4v) is 1.05. The van der Waals surface area contributed by atoms with Crippen LogP contribution in [0.3, 0.4) is 0 Å². The minimum Gasteiger partial charge on any atom is -0.430 e. The summed E-state index contributed by atoms with van der Waals surface area (Å²) < 4.78 is 6.28. The largest absolute Gasteiger partial charge is 0.436 e. The second kappa shape index (κ2) is 2.54. The molecule has 1 aliphatic heterocycles.